The molecule has 1 atom stereocenters. The summed E-state index contributed by atoms with van der Waals surface area (Å²) in [5, 5.41) is 10.5. The minimum atomic E-state index is -1.27. The maximum absolute atomic E-state index is 12.3. The van der Waals surface area contributed by atoms with Crippen LogP contribution in [-0.2, 0) is 15.2 Å². The highest BCUT2D eigenvalue weighted by Crippen LogP contribution is 2.25. The van der Waals surface area contributed by atoms with E-state index in [-0.39, 0.29) is 24.9 Å². The predicted molar refractivity (Wildman–Crippen MR) is 76.7 cm³/mol. The second-order valence-corrected chi connectivity index (χ2v) is 5.40. The lowest BCUT2D eigenvalue weighted by atomic mass is 9.92. The number of amides is 2. The van der Waals surface area contributed by atoms with Gasteiger partial charge in [-0.15, -0.1) is 0 Å². The fourth-order valence-corrected chi connectivity index (χ4v) is 2.02. The van der Waals surface area contributed by atoms with Crippen molar-refractivity contribution in [1.29, 1.82) is 0 Å². The van der Waals surface area contributed by atoms with Crippen molar-refractivity contribution in [3.05, 3.63) is 35.9 Å². The molecule has 0 heterocycles. The number of hydrogen-bond acceptors (Lipinski definition) is 3. The van der Waals surface area contributed by atoms with Gasteiger partial charge in [-0.2, -0.15) is 0 Å². The van der Waals surface area contributed by atoms with Crippen molar-refractivity contribution in [2.24, 2.45) is 5.73 Å². The first kappa shape index (κ1) is 16.2. The van der Waals surface area contributed by atoms with E-state index in [9.17, 15) is 14.7 Å². The van der Waals surface area contributed by atoms with Gasteiger partial charge < -0.3 is 15.7 Å². The third-order valence-electron chi connectivity index (χ3n) is 3.16. The smallest absolute Gasteiger partial charge is 0.237 e. The summed E-state index contributed by atoms with van der Waals surface area (Å²) in [6, 6.07) is 8.83. The molecule has 1 unspecified atom stereocenters. The summed E-state index contributed by atoms with van der Waals surface area (Å²) in [5.41, 5.74) is 4.54. The number of hydrogen-bond donors (Lipinski definition) is 2. The van der Waals surface area contributed by atoms with Gasteiger partial charge in [-0.25, -0.2) is 0 Å². The quantitative estimate of drug-likeness (QED) is 0.814. The molecule has 20 heavy (non-hydrogen) atoms. The second kappa shape index (κ2) is 6.52. The molecule has 0 fully saturated rings. The monoisotopic (exact) mass is 278 g/mol. The molecule has 0 aromatic heterocycles. The van der Waals surface area contributed by atoms with Gasteiger partial charge in [0.15, 0.2) is 0 Å². The first-order chi connectivity index (χ1) is 9.24. The zero-order chi connectivity index (χ0) is 15.3. The predicted octanol–water partition coefficient (Wildman–Crippen LogP) is 1.01. The second-order valence-electron chi connectivity index (χ2n) is 5.40. The lowest BCUT2D eigenvalue weighted by Gasteiger charge is -2.30. The van der Waals surface area contributed by atoms with Gasteiger partial charge in [0.25, 0.3) is 0 Å². The summed E-state index contributed by atoms with van der Waals surface area (Å²) in [6.07, 6.45) is -0.0948. The summed E-state index contributed by atoms with van der Waals surface area (Å²) in [6.45, 7) is 5.06. The van der Waals surface area contributed by atoms with Gasteiger partial charge in [-0.3, -0.25) is 9.59 Å². The summed E-state index contributed by atoms with van der Waals surface area (Å²) in [5.74, 6) is -0.862. The van der Waals surface area contributed by atoms with Crippen LogP contribution in [0.1, 0.15) is 32.8 Å². The Morgan fingerprint density at radius 1 is 1.30 bits per heavy atom. The van der Waals surface area contributed by atoms with Crippen molar-refractivity contribution in [2.45, 2.75) is 38.8 Å². The Bertz CT molecular complexity index is 469. The summed E-state index contributed by atoms with van der Waals surface area (Å²) in [7, 11) is 0. The number of rotatable bonds is 6. The summed E-state index contributed by atoms with van der Waals surface area (Å²) < 4.78 is 0. The lowest BCUT2D eigenvalue weighted by molar-refractivity contribution is -0.141. The molecule has 3 N–H and O–H groups in total. The van der Waals surface area contributed by atoms with E-state index >= 15 is 0 Å². The van der Waals surface area contributed by atoms with Gasteiger partial charge in [0.1, 0.15) is 0 Å². The van der Waals surface area contributed by atoms with Crippen LogP contribution in [0.4, 0.5) is 0 Å². The molecule has 110 valence electrons. The van der Waals surface area contributed by atoms with Gasteiger partial charge in [-0.05, 0) is 26.3 Å². The van der Waals surface area contributed by atoms with Gasteiger partial charge in [0.2, 0.25) is 11.8 Å². The van der Waals surface area contributed by atoms with Crippen LogP contribution < -0.4 is 5.73 Å². The van der Waals surface area contributed by atoms with Crippen molar-refractivity contribution in [2.75, 3.05) is 6.54 Å². The first-order valence-corrected chi connectivity index (χ1v) is 6.59. The van der Waals surface area contributed by atoms with E-state index in [0.717, 1.165) is 0 Å². The molecular weight excluding hydrogens is 256 g/mol. The van der Waals surface area contributed by atoms with E-state index in [2.05, 4.69) is 0 Å². The Kier molecular flexibility index (Phi) is 5.27. The maximum atomic E-state index is 12.3. The highest BCUT2D eigenvalue weighted by molar-refractivity contribution is 5.84. The zero-order valence-electron chi connectivity index (χ0n) is 12.2. The number of primary amides is 1. The Morgan fingerprint density at radius 2 is 1.85 bits per heavy atom. The Hall–Kier alpha value is -1.88. The highest BCUT2D eigenvalue weighted by atomic mass is 16.3. The normalized spacial score (nSPS) is 13.8. The number of carbonyl (C=O) groups is 2. The molecule has 0 aliphatic carbocycles. The summed E-state index contributed by atoms with van der Waals surface area (Å²) in [4.78, 5) is 24.7. The Balaban J connectivity index is 2.84. The van der Waals surface area contributed by atoms with E-state index in [0.29, 0.717) is 5.56 Å². The maximum Gasteiger partial charge on any atom is 0.237 e. The third kappa shape index (κ3) is 4.35. The molecule has 5 heteroatoms. The van der Waals surface area contributed by atoms with E-state index in [4.69, 9.17) is 5.73 Å². The number of nitrogens with two attached hydrogens (primary N) is 1. The highest BCUT2D eigenvalue weighted by Gasteiger charge is 2.30. The third-order valence-corrected chi connectivity index (χ3v) is 3.16. The lowest BCUT2D eigenvalue weighted by Crippen LogP contribution is -2.45. The SMILES string of the molecule is CC(C)N(CC(N)=O)C(=O)CC(C)(O)c1ccccc1. The largest absolute Gasteiger partial charge is 0.385 e. The van der Waals surface area contributed by atoms with Crippen molar-refractivity contribution >= 4 is 11.8 Å². The minimum Gasteiger partial charge on any atom is -0.385 e. The number of aliphatic hydroxyl groups is 1. The molecule has 5 nitrogen and oxygen atoms in total. The first-order valence-electron chi connectivity index (χ1n) is 6.59. The van der Waals surface area contributed by atoms with E-state index in [1.807, 2.05) is 6.07 Å². The molecule has 0 radical (unpaired) electrons. The molecule has 1 rings (SSSR count). The van der Waals surface area contributed by atoms with Gasteiger partial charge in [0, 0.05) is 6.04 Å². The standard InChI is InChI=1S/C15H22N2O3/c1-11(2)17(10-13(16)18)14(19)9-15(3,20)12-7-5-4-6-8-12/h4-8,11,20H,9-10H2,1-3H3,(H2,16,18). The van der Waals surface area contributed by atoms with Gasteiger partial charge in [-0.1, -0.05) is 30.3 Å². The van der Waals surface area contributed by atoms with Gasteiger partial charge >= 0.3 is 0 Å². The molecule has 0 aliphatic rings. The van der Waals surface area contributed by atoms with Gasteiger partial charge in [0.05, 0.1) is 18.6 Å². The van der Waals surface area contributed by atoms with Crippen molar-refractivity contribution in [3.8, 4) is 0 Å². The molecule has 0 aliphatic heterocycles. The fourth-order valence-electron chi connectivity index (χ4n) is 2.02. The van der Waals surface area contributed by atoms with Crippen LogP contribution in [0.2, 0.25) is 0 Å². The topological polar surface area (TPSA) is 83.6 Å². The molecule has 1 aromatic rings. The molecule has 0 saturated heterocycles. The van der Waals surface area contributed by atoms with Crippen LogP contribution in [0.5, 0.6) is 0 Å². The molecular formula is C15H22N2O3. The van der Waals surface area contributed by atoms with Crippen LogP contribution in [0.25, 0.3) is 0 Å². The zero-order valence-corrected chi connectivity index (χ0v) is 12.2. The minimum absolute atomic E-state index is 0.0948. The molecule has 1 aromatic carbocycles. The van der Waals surface area contributed by atoms with Crippen LogP contribution >= 0.6 is 0 Å². The van der Waals surface area contributed by atoms with Crippen LogP contribution in [0.15, 0.2) is 30.3 Å². The van der Waals surface area contributed by atoms with Crippen molar-refractivity contribution < 1.29 is 14.7 Å². The Morgan fingerprint density at radius 3 is 2.30 bits per heavy atom. The summed E-state index contributed by atoms with van der Waals surface area (Å²) >= 11 is 0. The van der Waals surface area contributed by atoms with E-state index in [1.165, 1.54) is 4.90 Å². The average molecular weight is 278 g/mol. The van der Waals surface area contributed by atoms with E-state index in [1.54, 1.807) is 45.0 Å². The van der Waals surface area contributed by atoms with Crippen LogP contribution in [-0.4, -0.2) is 34.4 Å². The fraction of sp³-hybridized carbons (Fsp3) is 0.467. The van der Waals surface area contributed by atoms with E-state index < -0.39 is 11.5 Å². The molecule has 0 saturated carbocycles. The van der Waals surface area contributed by atoms with Crippen LogP contribution in [0, 0.1) is 0 Å². The Labute approximate surface area is 119 Å². The van der Waals surface area contributed by atoms with Crippen molar-refractivity contribution in [3.63, 3.8) is 0 Å². The van der Waals surface area contributed by atoms with Crippen LogP contribution in [0.3, 0.4) is 0 Å². The molecule has 2 amide bonds. The molecule has 0 spiro atoms. The number of carbonyl (C=O) groups excluding carboxylic acids is 2. The average Bonchev–Trinajstić information content (AvgIpc) is 2.36. The number of nitrogens with zero attached hydrogens (tertiary/aromatic N) is 1. The number of benzene rings is 1. The molecule has 0 bridgehead atoms. The van der Waals surface area contributed by atoms with Crippen molar-refractivity contribution in [1.82, 2.24) is 4.90 Å².